The standard InChI is InChI=1S/C27H30N8OS2/c1-33(2)20-10-8-19(9-11-20)29-27(37)35-14-12-18(13-15-35)26-31-23(17-38-26)25(36)32-34(3)24-16-28-21-6-4-5-7-22(21)30-24/h4-11,16-18H,12-15H2,1-3H3,(H,29,37)(H,32,36). The molecule has 38 heavy (non-hydrogen) atoms. The summed E-state index contributed by atoms with van der Waals surface area (Å²) in [6.45, 7) is 1.69. The van der Waals surface area contributed by atoms with E-state index in [0.717, 1.165) is 58.5 Å². The Morgan fingerprint density at radius 3 is 2.45 bits per heavy atom. The summed E-state index contributed by atoms with van der Waals surface area (Å²) >= 11 is 7.20. The summed E-state index contributed by atoms with van der Waals surface area (Å²) in [4.78, 5) is 30.8. The molecule has 0 atom stereocenters. The lowest BCUT2D eigenvalue weighted by Gasteiger charge is -2.33. The van der Waals surface area contributed by atoms with E-state index in [0.29, 0.717) is 17.4 Å². The summed E-state index contributed by atoms with van der Waals surface area (Å²) < 4.78 is 0. The lowest BCUT2D eigenvalue weighted by molar-refractivity contribution is 0.0946. The largest absolute Gasteiger partial charge is 0.378 e. The molecule has 0 spiro atoms. The Hall–Kier alpha value is -3.83. The highest BCUT2D eigenvalue weighted by atomic mass is 32.1. The number of piperidine rings is 1. The summed E-state index contributed by atoms with van der Waals surface area (Å²) in [7, 11) is 5.79. The smallest absolute Gasteiger partial charge is 0.289 e. The number of amides is 1. The quantitative estimate of drug-likeness (QED) is 0.268. The highest BCUT2D eigenvalue weighted by Crippen LogP contribution is 2.31. The van der Waals surface area contributed by atoms with Gasteiger partial charge in [0.15, 0.2) is 10.9 Å². The topological polar surface area (TPSA) is 89.5 Å². The Morgan fingerprint density at radius 1 is 1.03 bits per heavy atom. The van der Waals surface area contributed by atoms with Crippen LogP contribution in [0.15, 0.2) is 60.1 Å². The minimum atomic E-state index is -0.270. The van der Waals surface area contributed by atoms with Crippen molar-refractivity contribution in [2.45, 2.75) is 18.8 Å². The number of hydrazine groups is 1. The first-order chi connectivity index (χ1) is 18.4. The molecule has 1 aliphatic rings. The monoisotopic (exact) mass is 546 g/mol. The van der Waals surface area contributed by atoms with Crippen molar-refractivity contribution < 1.29 is 4.79 Å². The van der Waals surface area contributed by atoms with Crippen LogP contribution < -0.4 is 20.7 Å². The third-order valence-corrected chi connectivity index (χ3v) is 7.94. The molecule has 2 N–H and O–H groups in total. The number of benzene rings is 2. The van der Waals surface area contributed by atoms with Crippen molar-refractivity contribution in [2.24, 2.45) is 0 Å². The van der Waals surface area contributed by atoms with Crippen molar-refractivity contribution >= 4 is 62.8 Å². The predicted molar refractivity (Wildman–Crippen MR) is 158 cm³/mol. The number of nitrogens with one attached hydrogen (secondary N) is 2. The number of hydrogen-bond donors (Lipinski definition) is 2. The molecule has 0 bridgehead atoms. The Labute approximate surface area is 231 Å². The molecule has 2 aromatic heterocycles. The lowest BCUT2D eigenvalue weighted by atomic mass is 9.98. The van der Waals surface area contributed by atoms with Crippen molar-refractivity contribution in [3.05, 3.63) is 70.8 Å². The van der Waals surface area contributed by atoms with E-state index in [1.165, 1.54) is 11.3 Å². The molecule has 5 rings (SSSR count). The fraction of sp³-hybridized carbons (Fsp3) is 0.296. The van der Waals surface area contributed by atoms with Gasteiger partial charge in [-0.05, 0) is 61.5 Å². The number of rotatable bonds is 6. The van der Waals surface area contributed by atoms with Crippen LogP contribution in [0, 0.1) is 0 Å². The van der Waals surface area contributed by atoms with Gasteiger partial charge in [-0.1, -0.05) is 12.1 Å². The van der Waals surface area contributed by atoms with E-state index >= 15 is 0 Å². The minimum absolute atomic E-state index is 0.270. The second-order valence-electron chi connectivity index (χ2n) is 9.42. The van der Waals surface area contributed by atoms with Gasteiger partial charge in [0.1, 0.15) is 5.69 Å². The number of fused-ring (bicyclic) bond motifs is 1. The maximum Gasteiger partial charge on any atom is 0.289 e. The molecule has 0 radical (unpaired) electrons. The van der Waals surface area contributed by atoms with Gasteiger partial charge in [-0.3, -0.25) is 20.2 Å². The molecule has 196 valence electrons. The number of likely N-dealkylation sites (tertiary alicyclic amines) is 1. The number of thiocarbonyl (C=S) groups is 1. The first-order valence-corrected chi connectivity index (χ1v) is 13.7. The molecule has 4 aromatic rings. The van der Waals surface area contributed by atoms with Gasteiger partial charge >= 0.3 is 0 Å². The van der Waals surface area contributed by atoms with Gasteiger partial charge in [0.2, 0.25) is 0 Å². The van der Waals surface area contributed by atoms with Crippen LogP contribution in [-0.2, 0) is 0 Å². The number of thiazole rings is 1. The molecular formula is C27H30N8OS2. The van der Waals surface area contributed by atoms with E-state index in [4.69, 9.17) is 12.2 Å². The number of carbonyl (C=O) groups is 1. The van der Waals surface area contributed by atoms with Crippen molar-refractivity contribution in [3.8, 4) is 0 Å². The van der Waals surface area contributed by atoms with E-state index in [1.54, 1.807) is 18.3 Å². The van der Waals surface area contributed by atoms with E-state index < -0.39 is 0 Å². The summed E-state index contributed by atoms with van der Waals surface area (Å²) in [5.74, 6) is 0.593. The van der Waals surface area contributed by atoms with Crippen LogP contribution in [0.3, 0.4) is 0 Å². The highest BCUT2D eigenvalue weighted by Gasteiger charge is 2.25. The molecule has 9 nitrogen and oxygen atoms in total. The zero-order chi connectivity index (χ0) is 26.6. The average molecular weight is 547 g/mol. The van der Waals surface area contributed by atoms with Crippen molar-refractivity contribution in [2.75, 3.05) is 49.5 Å². The van der Waals surface area contributed by atoms with Crippen molar-refractivity contribution in [1.82, 2.24) is 25.3 Å². The third-order valence-electron chi connectivity index (χ3n) is 6.57. The number of anilines is 3. The number of hydrogen-bond acceptors (Lipinski definition) is 8. The molecule has 11 heteroatoms. The molecule has 0 aliphatic carbocycles. The average Bonchev–Trinajstić information content (AvgIpc) is 3.44. The molecular weight excluding hydrogens is 516 g/mol. The van der Waals surface area contributed by atoms with Crippen LogP contribution in [0.1, 0.15) is 34.3 Å². The second kappa shape index (κ2) is 11.3. The first kappa shape index (κ1) is 25.8. The fourth-order valence-electron chi connectivity index (χ4n) is 4.33. The Morgan fingerprint density at radius 2 is 1.74 bits per heavy atom. The van der Waals surface area contributed by atoms with Crippen LogP contribution >= 0.6 is 23.6 Å². The molecule has 0 saturated carbocycles. The van der Waals surface area contributed by atoms with Crippen LogP contribution in [-0.4, -0.2) is 65.1 Å². The van der Waals surface area contributed by atoms with Gasteiger partial charge in [0.25, 0.3) is 5.91 Å². The van der Waals surface area contributed by atoms with Gasteiger partial charge < -0.3 is 15.1 Å². The Balaban J connectivity index is 1.13. The third kappa shape index (κ3) is 5.84. The molecule has 1 fully saturated rings. The number of carbonyl (C=O) groups excluding carboxylic acids is 1. The minimum Gasteiger partial charge on any atom is -0.378 e. The summed E-state index contributed by atoms with van der Waals surface area (Å²) in [5.41, 5.74) is 6.96. The van der Waals surface area contributed by atoms with E-state index in [1.807, 2.05) is 55.9 Å². The van der Waals surface area contributed by atoms with Gasteiger partial charge in [0.05, 0.1) is 22.2 Å². The van der Waals surface area contributed by atoms with Crippen LogP contribution in [0.25, 0.3) is 11.0 Å². The zero-order valence-corrected chi connectivity index (χ0v) is 23.2. The molecule has 1 amide bonds. The first-order valence-electron chi connectivity index (χ1n) is 12.4. The Kier molecular flexibility index (Phi) is 7.66. The van der Waals surface area contributed by atoms with Gasteiger partial charge in [-0.25, -0.2) is 9.97 Å². The van der Waals surface area contributed by atoms with Gasteiger partial charge in [-0.15, -0.1) is 11.3 Å². The number of aromatic nitrogens is 3. The Bertz CT molecular complexity index is 1430. The number of nitrogens with zero attached hydrogens (tertiary/aromatic N) is 6. The van der Waals surface area contributed by atoms with E-state index in [-0.39, 0.29) is 5.91 Å². The summed E-state index contributed by atoms with van der Waals surface area (Å²) in [5, 5.41) is 8.47. The zero-order valence-electron chi connectivity index (χ0n) is 21.6. The molecule has 3 heterocycles. The van der Waals surface area contributed by atoms with Crippen LogP contribution in [0.5, 0.6) is 0 Å². The van der Waals surface area contributed by atoms with E-state index in [9.17, 15) is 4.79 Å². The van der Waals surface area contributed by atoms with Gasteiger partial charge in [-0.2, -0.15) is 0 Å². The fourth-order valence-corrected chi connectivity index (χ4v) is 5.60. The lowest BCUT2D eigenvalue weighted by Crippen LogP contribution is -2.40. The second-order valence-corrected chi connectivity index (χ2v) is 10.7. The van der Waals surface area contributed by atoms with Crippen molar-refractivity contribution in [1.29, 1.82) is 0 Å². The SMILES string of the molecule is CN(C)c1ccc(NC(=S)N2CCC(c3nc(C(=O)NN(C)c4cnc5ccccc5n4)cs3)CC2)cc1. The number of para-hydroxylation sites is 2. The normalized spacial score (nSPS) is 13.8. The summed E-state index contributed by atoms with van der Waals surface area (Å²) in [6.07, 6.45) is 3.51. The van der Waals surface area contributed by atoms with Crippen LogP contribution in [0.2, 0.25) is 0 Å². The highest BCUT2D eigenvalue weighted by molar-refractivity contribution is 7.80. The van der Waals surface area contributed by atoms with Crippen LogP contribution in [0.4, 0.5) is 17.2 Å². The summed E-state index contributed by atoms with van der Waals surface area (Å²) in [6, 6.07) is 15.9. The predicted octanol–water partition coefficient (Wildman–Crippen LogP) is 4.51. The van der Waals surface area contributed by atoms with Gasteiger partial charge in [0, 0.05) is 56.9 Å². The molecule has 1 aliphatic heterocycles. The maximum atomic E-state index is 12.9. The van der Waals surface area contributed by atoms with E-state index in [2.05, 4.69) is 47.6 Å². The van der Waals surface area contributed by atoms with Crippen molar-refractivity contribution in [3.63, 3.8) is 0 Å². The molecule has 1 saturated heterocycles. The molecule has 0 unspecified atom stereocenters. The molecule has 2 aromatic carbocycles. The maximum absolute atomic E-state index is 12.9.